The maximum absolute atomic E-state index is 12.3. The quantitative estimate of drug-likeness (QED) is 0.898. The van der Waals surface area contributed by atoms with Gasteiger partial charge in [0.25, 0.3) is 5.91 Å². The zero-order chi connectivity index (χ0) is 14.4. The summed E-state index contributed by atoms with van der Waals surface area (Å²) in [5.74, 6) is 1.29. The Bertz CT molecular complexity index is 696. The lowest BCUT2D eigenvalue weighted by Gasteiger charge is -2.25. The number of carbonyl (C=O) groups excluding carboxylic acids is 1. The lowest BCUT2D eigenvalue weighted by molar-refractivity contribution is 0.0877. The normalized spacial score (nSPS) is 27.2. The van der Waals surface area contributed by atoms with Crippen LogP contribution in [0.15, 0.2) is 22.7 Å². The van der Waals surface area contributed by atoms with E-state index in [1.54, 1.807) is 19.3 Å². The summed E-state index contributed by atoms with van der Waals surface area (Å²) in [6.07, 6.45) is 4.16. The molecule has 2 aromatic rings. The van der Waals surface area contributed by atoms with Crippen molar-refractivity contribution in [2.45, 2.75) is 19.0 Å². The number of fused-ring (bicyclic) bond motifs is 3. The molecule has 4 heterocycles. The fourth-order valence-electron chi connectivity index (χ4n) is 3.36. The van der Waals surface area contributed by atoms with Gasteiger partial charge in [-0.1, -0.05) is 0 Å². The van der Waals surface area contributed by atoms with Crippen LogP contribution in [0.5, 0.6) is 0 Å². The molecule has 4 rings (SSSR count). The number of carbonyl (C=O) groups is 1. The zero-order valence-corrected chi connectivity index (χ0v) is 11.9. The van der Waals surface area contributed by atoms with E-state index in [9.17, 15) is 4.79 Å². The van der Waals surface area contributed by atoms with E-state index >= 15 is 0 Å². The molecule has 0 radical (unpaired) electrons. The second-order valence-electron chi connectivity index (χ2n) is 5.84. The van der Waals surface area contributed by atoms with Crippen LogP contribution in [0.4, 0.5) is 5.88 Å². The van der Waals surface area contributed by atoms with Gasteiger partial charge in [0.05, 0.1) is 6.17 Å². The number of pyridine rings is 1. The van der Waals surface area contributed by atoms with Crippen LogP contribution in [0.3, 0.4) is 0 Å². The molecule has 21 heavy (non-hydrogen) atoms. The highest BCUT2D eigenvalue weighted by Gasteiger charge is 2.38. The number of nitrogens with one attached hydrogen (secondary N) is 2. The molecule has 2 aliphatic heterocycles. The maximum Gasteiger partial charge on any atom is 0.271 e. The molecule has 110 valence electrons. The summed E-state index contributed by atoms with van der Waals surface area (Å²) in [6, 6.07) is 3.57. The first-order valence-electron chi connectivity index (χ1n) is 7.35. The van der Waals surface area contributed by atoms with Gasteiger partial charge >= 0.3 is 0 Å². The summed E-state index contributed by atoms with van der Waals surface area (Å²) in [4.78, 5) is 18.9. The van der Waals surface area contributed by atoms with E-state index in [0.29, 0.717) is 17.2 Å². The largest absolute Gasteiger partial charge is 0.441 e. The number of nitrogens with zero attached hydrogens (tertiary/aromatic N) is 2. The molecule has 2 aliphatic rings. The molecule has 2 saturated heterocycles. The molecule has 0 aromatic carbocycles. The number of anilines is 1. The fourth-order valence-corrected chi connectivity index (χ4v) is 3.36. The average molecular weight is 286 g/mol. The van der Waals surface area contributed by atoms with Gasteiger partial charge < -0.3 is 15.1 Å². The minimum Gasteiger partial charge on any atom is -0.441 e. The highest BCUT2D eigenvalue weighted by molar-refractivity contribution is 5.95. The van der Waals surface area contributed by atoms with Crippen molar-refractivity contribution in [2.24, 2.45) is 5.92 Å². The van der Waals surface area contributed by atoms with Crippen LogP contribution in [-0.4, -0.2) is 42.1 Å². The van der Waals surface area contributed by atoms with Gasteiger partial charge in [-0.05, 0) is 18.8 Å². The molecule has 2 aromatic heterocycles. The van der Waals surface area contributed by atoms with Gasteiger partial charge in [-0.25, -0.2) is 0 Å². The lowest BCUT2D eigenvalue weighted by atomic mass is 10.0. The highest BCUT2D eigenvalue weighted by atomic mass is 16.3. The molecule has 6 nitrogen and oxygen atoms in total. The number of amides is 1. The Morgan fingerprint density at radius 3 is 3.10 bits per heavy atom. The number of rotatable bonds is 3. The van der Waals surface area contributed by atoms with E-state index in [1.807, 2.05) is 6.07 Å². The molecule has 2 N–H and O–H groups in total. The zero-order valence-electron chi connectivity index (χ0n) is 11.9. The number of aromatic nitrogens is 1. The van der Waals surface area contributed by atoms with Crippen LogP contribution >= 0.6 is 0 Å². The molecule has 1 amide bonds. The Morgan fingerprint density at radius 1 is 1.48 bits per heavy atom. The van der Waals surface area contributed by atoms with E-state index in [2.05, 4.69) is 20.5 Å². The minimum absolute atomic E-state index is 0.128. The minimum atomic E-state index is -0.128. The van der Waals surface area contributed by atoms with Crippen molar-refractivity contribution >= 4 is 22.8 Å². The number of hydrogen-bond acceptors (Lipinski definition) is 5. The van der Waals surface area contributed by atoms with E-state index in [0.717, 1.165) is 30.8 Å². The van der Waals surface area contributed by atoms with Gasteiger partial charge in [0.1, 0.15) is 11.3 Å². The third-order valence-corrected chi connectivity index (χ3v) is 4.49. The molecule has 0 saturated carbocycles. The number of hydrogen-bond donors (Lipinski definition) is 2. The van der Waals surface area contributed by atoms with Crippen molar-refractivity contribution in [1.29, 1.82) is 0 Å². The lowest BCUT2D eigenvalue weighted by Crippen LogP contribution is -2.45. The van der Waals surface area contributed by atoms with E-state index in [1.165, 1.54) is 6.42 Å². The van der Waals surface area contributed by atoms with Crippen molar-refractivity contribution in [3.05, 3.63) is 24.0 Å². The third-order valence-electron chi connectivity index (χ3n) is 4.49. The van der Waals surface area contributed by atoms with Crippen LogP contribution in [0.25, 0.3) is 11.0 Å². The summed E-state index contributed by atoms with van der Waals surface area (Å²) >= 11 is 0. The summed E-state index contributed by atoms with van der Waals surface area (Å²) in [5.41, 5.74) is 1.08. The first-order valence-corrected chi connectivity index (χ1v) is 7.35. The van der Waals surface area contributed by atoms with Crippen LogP contribution < -0.4 is 10.6 Å². The summed E-state index contributed by atoms with van der Waals surface area (Å²) < 4.78 is 5.59. The van der Waals surface area contributed by atoms with Crippen LogP contribution in [0.1, 0.15) is 23.3 Å². The highest BCUT2D eigenvalue weighted by Crippen LogP contribution is 2.31. The van der Waals surface area contributed by atoms with Gasteiger partial charge in [-0.3, -0.25) is 14.7 Å². The van der Waals surface area contributed by atoms with Gasteiger partial charge in [0, 0.05) is 43.9 Å². The third kappa shape index (κ3) is 2.15. The van der Waals surface area contributed by atoms with E-state index in [4.69, 9.17) is 4.42 Å². The average Bonchev–Trinajstić information content (AvgIpc) is 3.20. The van der Waals surface area contributed by atoms with Gasteiger partial charge in [0.15, 0.2) is 5.88 Å². The first-order chi connectivity index (χ1) is 10.2. The van der Waals surface area contributed by atoms with Gasteiger partial charge in [-0.2, -0.15) is 0 Å². The molecule has 0 spiro atoms. The Kier molecular flexibility index (Phi) is 2.85. The van der Waals surface area contributed by atoms with Crippen LogP contribution in [0.2, 0.25) is 0 Å². The predicted octanol–water partition coefficient (Wildman–Crippen LogP) is 1.65. The Morgan fingerprint density at radius 2 is 2.38 bits per heavy atom. The number of piperidine rings is 1. The molecule has 2 bridgehead atoms. The van der Waals surface area contributed by atoms with Crippen molar-refractivity contribution in [3.63, 3.8) is 0 Å². The fraction of sp³-hybridized carbons (Fsp3) is 0.467. The monoisotopic (exact) mass is 286 g/mol. The van der Waals surface area contributed by atoms with Gasteiger partial charge in [0.2, 0.25) is 0 Å². The topological polar surface area (TPSA) is 70.4 Å². The van der Waals surface area contributed by atoms with Crippen molar-refractivity contribution in [1.82, 2.24) is 15.2 Å². The summed E-state index contributed by atoms with van der Waals surface area (Å²) in [6.45, 7) is 2.20. The standard InChI is InChI=1S/C15H18N4O2/c1-16-14-5-10-7-17-11(6-12(10)21-14)15(20)18-13-4-9-2-3-19(13)8-9/h5-7,9,13,16H,2-4,8H2,1H3,(H,18,20). The van der Waals surface area contributed by atoms with Crippen molar-refractivity contribution in [2.75, 3.05) is 25.5 Å². The van der Waals surface area contributed by atoms with Gasteiger partial charge in [-0.15, -0.1) is 0 Å². The SMILES string of the molecule is CNc1cc2cnc(C(=O)NC3CC4CCN3C4)cc2o1. The second-order valence-corrected chi connectivity index (χ2v) is 5.84. The smallest absolute Gasteiger partial charge is 0.271 e. The molecular formula is C15H18N4O2. The van der Waals surface area contributed by atoms with Crippen molar-refractivity contribution in [3.8, 4) is 0 Å². The van der Waals surface area contributed by atoms with E-state index < -0.39 is 0 Å². The molecule has 3 unspecified atom stereocenters. The Labute approximate surface area is 122 Å². The van der Waals surface area contributed by atoms with Crippen molar-refractivity contribution < 1.29 is 9.21 Å². The molecule has 6 heteroatoms. The molecule has 0 aliphatic carbocycles. The van der Waals surface area contributed by atoms with Crippen LogP contribution in [0, 0.1) is 5.92 Å². The van der Waals surface area contributed by atoms with Crippen LogP contribution in [-0.2, 0) is 0 Å². The Balaban J connectivity index is 1.53. The Hall–Kier alpha value is -2.08. The summed E-state index contributed by atoms with van der Waals surface area (Å²) in [5, 5.41) is 6.91. The predicted molar refractivity (Wildman–Crippen MR) is 79.1 cm³/mol. The molecule has 3 atom stereocenters. The molecule has 2 fully saturated rings. The second kappa shape index (κ2) is 4.73. The number of furan rings is 1. The molecular weight excluding hydrogens is 268 g/mol. The summed E-state index contributed by atoms with van der Waals surface area (Å²) in [7, 11) is 1.79. The van der Waals surface area contributed by atoms with E-state index in [-0.39, 0.29) is 12.1 Å². The first kappa shape index (κ1) is 12.6. The maximum atomic E-state index is 12.3.